The molecule has 0 bridgehead atoms. The topological polar surface area (TPSA) is 67.6 Å². The van der Waals surface area contributed by atoms with Crippen molar-refractivity contribution in [2.75, 3.05) is 39.0 Å². The second-order valence-electron chi connectivity index (χ2n) is 7.25. The summed E-state index contributed by atoms with van der Waals surface area (Å²) in [6.07, 6.45) is 3.50. The van der Waals surface area contributed by atoms with Crippen molar-refractivity contribution in [3.8, 4) is 5.75 Å². The third-order valence-electron chi connectivity index (χ3n) is 4.84. The summed E-state index contributed by atoms with van der Waals surface area (Å²) in [6, 6.07) is 3.16. The number of amides is 1. The van der Waals surface area contributed by atoms with Crippen LogP contribution >= 0.6 is 11.6 Å². The molecule has 0 atom stereocenters. The number of carbonyl (C=O) groups is 1. The highest BCUT2D eigenvalue weighted by Crippen LogP contribution is 2.29. The van der Waals surface area contributed by atoms with Crippen molar-refractivity contribution in [3.05, 3.63) is 22.7 Å². The summed E-state index contributed by atoms with van der Waals surface area (Å²) in [7, 11) is 1.52. The van der Waals surface area contributed by atoms with Gasteiger partial charge < -0.3 is 20.7 Å². The number of likely N-dealkylation sites (tertiary alicyclic amines) is 1. The average molecular weight is 368 g/mol. The van der Waals surface area contributed by atoms with Gasteiger partial charge in [0.05, 0.1) is 23.4 Å². The first-order valence-electron chi connectivity index (χ1n) is 9.04. The van der Waals surface area contributed by atoms with Gasteiger partial charge in [-0.2, -0.15) is 0 Å². The lowest BCUT2D eigenvalue weighted by atomic mass is 9.96. The second-order valence-corrected chi connectivity index (χ2v) is 7.66. The molecule has 1 aliphatic heterocycles. The molecule has 1 heterocycles. The molecular weight excluding hydrogens is 338 g/mol. The normalized spacial score (nSPS) is 16.2. The fourth-order valence-electron chi connectivity index (χ4n) is 3.10. The summed E-state index contributed by atoms with van der Waals surface area (Å²) in [5.74, 6) is 1.55. The maximum absolute atomic E-state index is 12.5. The van der Waals surface area contributed by atoms with Crippen LogP contribution in [-0.4, -0.2) is 44.1 Å². The first-order valence-corrected chi connectivity index (χ1v) is 9.42. The van der Waals surface area contributed by atoms with E-state index in [0.29, 0.717) is 34.5 Å². The number of piperidine rings is 1. The molecule has 5 nitrogen and oxygen atoms in total. The molecule has 1 saturated heterocycles. The predicted molar refractivity (Wildman–Crippen MR) is 103 cm³/mol. The predicted octanol–water partition coefficient (Wildman–Crippen LogP) is 3.42. The zero-order valence-corrected chi connectivity index (χ0v) is 16.2. The fraction of sp³-hybridized carbons (Fsp3) is 0.632. The molecule has 1 aromatic rings. The number of hydrogen-bond donors (Lipinski definition) is 2. The molecule has 2 rings (SSSR count). The number of anilines is 1. The van der Waals surface area contributed by atoms with Gasteiger partial charge in [-0.3, -0.25) is 4.79 Å². The number of ether oxygens (including phenoxy) is 1. The summed E-state index contributed by atoms with van der Waals surface area (Å²) in [5, 5.41) is 3.38. The van der Waals surface area contributed by atoms with E-state index in [9.17, 15) is 4.79 Å². The molecule has 0 aliphatic carbocycles. The third-order valence-corrected chi connectivity index (χ3v) is 5.17. The average Bonchev–Trinajstić information content (AvgIpc) is 2.60. The largest absolute Gasteiger partial charge is 0.496 e. The zero-order valence-electron chi connectivity index (χ0n) is 15.5. The van der Waals surface area contributed by atoms with E-state index < -0.39 is 0 Å². The second kappa shape index (κ2) is 9.30. The van der Waals surface area contributed by atoms with Crippen molar-refractivity contribution in [2.24, 2.45) is 11.8 Å². The molecule has 0 radical (unpaired) electrons. The molecule has 1 aromatic carbocycles. The monoisotopic (exact) mass is 367 g/mol. The summed E-state index contributed by atoms with van der Waals surface area (Å²) in [4.78, 5) is 15.0. The van der Waals surface area contributed by atoms with Crippen molar-refractivity contribution in [3.63, 3.8) is 0 Å². The number of nitrogens with one attached hydrogen (secondary N) is 1. The number of hydrogen-bond acceptors (Lipinski definition) is 4. The van der Waals surface area contributed by atoms with Gasteiger partial charge in [-0.05, 0) is 56.8 Å². The quantitative estimate of drug-likeness (QED) is 0.724. The van der Waals surface area contributed by atoms with Crippen LogP contribution in [-0.2, 0) is 0 Å². The first kappa shape index (κ1) is 19.9. The van der Waals surface area contributed by atoms with Crippen LogP contribution in [0.25, 0.3) is 0 Å². The zero-order chi connectivity index (χ0) is 18.4. The Kier molecular flexibility index (Phi) is 7.38. The molecular formula is C19H30ClN3O2. The van der Waals surface area contributed by atoms with Crippen molar-refractivity contribution < 1.29 is 9.53 Å². The van der Waals surface area contributed by atoms with Crippen LogP contribution in [0.4, 0.5) is 5.69 Å². The molecule has 1 fully saturated rings. The van der Waals surface area contributed by atoms with Gasteiger partial charge in [0, 0.05) is 12.6 Å². The van der Waals surface area contributed by atoms with Crippen LogP contribution in [0.2, 0.25) is 5.02 Å². The highest BCUT2D eigenvalue weighted by atomic mass is 35.5. The summed E-state index contributed by atoms with van der Waals surface area (Å²) in [5.41, 5.74) is 6.60. The van der Waals surface area contributed by atoms with E-state index in [4.69, 9.17) is 22.1 Å². The minimum atomic E-state index is -0.166. The number of rotatable bonds is 7. The van der Waals surface area contributed by atoms with E-state index in [0.717, 1.165) is 31.8 Å². The number of methoxy groups -OCH3 is 1. The maximum atomic E-state index is 12.5. The van der Waals surface area contributed by atoms with Crippen LogP contribution < -0.4 is 15.8 Å². The lowest BCUT2D eigenvalue weighted by Crippen LogP contribution is -2.39. The molecule has 0 spiro atoms. The Hall–Kier alpha value is -1.46. The van der Waals surface area contributed by atoms with E-state index >= 15 is 0 Å². The standard InChI is InChI=1S/C19H30ClN3O2/c1-13(2)4-7-23-8-5-14(6-9-23)12-22-19(24)15-10-16(20)17(21)11-18(15)25-3/h10-11,13-14H,4-9,12,21H2,1-3H3,(H,22,24). The number of carbonyl (C=O) groups excluding carboxylic acids is 1. The minimum absolute atomic E-state index is 0.166. The molecule has 25 heavy (non-hydrogen) atoms. The Morgan fingerprint density at radius 1 is 1.40 bits per heavy atom. The van der Waals surface area contributed by atoms with E-state index in [1.165, 1.54) is 20.1 Å². The minimum Gasteiger partial charge on any atom is -0.496 e. The van der Waals surface area contributed by atoms with Gasteiger partial charge in [-0.25, -0.2) is 0 Å². The summed E-state index contributed by atoms with van der Waals surface area (Å²) in [6.45, 7) is 8.62. The van der Waals surface area contributed by atoms with Crippen LogP contribution in [0.5, 0.6) is 5.75 Å². The SMILES string of the molecule is COc1cc(N)c(Cl)cc1C(=O)NCC1CCN(CCC(C)C)CC1. The Balaban J connectivity index is 1.82. The fourth-order valence-corrected chi connectivity index (χ4v) is 3.27. The van der Waals surface area contributed by atoms with Crippen LogP contribution in [0.1, 0.15) is 43.5 Å². The van der Waals surface area contributed by atoms with Gasteiger partial charge in [-0.1, -0.05) is 25.4 Å². The number of nitrogens with zero attached hydrogens (tertiary/aromatic N) is 1. The first-order chi connectivity index (χ1) is 11.9. The van der Waals surface area contributed by atoms with Gasteiger partial charge in [0.2, 0.25) is 0 Å². The molecule has 6 heteroatoms. The van der Waals surface area contributed by atoms with Gasteiger partial charge in [0.1, 0.15) is 5.75 Å². The van der Waals surface area contributed by atoms with Crippen LogP contribution in [0.15, 0.2) is 12.1 Å². The van der Waals surface area contributed by atoms with Crippen molar-refractivity contribution in [1.29, 1.82) is 0 Å². The van der Waals surface area contributed by atoms with Gasteiger partial charge in [0.15, 0.2) is 0 Å². The number of halogens is 1. The van der Waals surface area contributed by atoms with Crippen molar-refractivity contribution in [1.82, 2.24) is 10.2 Å². The lowest BCUT2D eigenvalue weighted by molar-refractivity contribution is 0.0932. The molecule has 1 aliphatic rings. The summed E-state index contributed by atoms with van der Waals surface area (Å²) >= 11 is 6.04. The molecule has 3 N–H and O–H groups in total. The molecule has 140 valence electrons. The van der Waals surface area contributed by atoms with Crippen LogP contribution in [0, 0.1) is 11.8 Å². The van der Waals surface area contributed by atoms with E-state index in [1.807, 2.05) is 0 Å². The highest BCUT2D eigenvalue weighted by molar-refractivity contribution is 6.33. The van der Waals surface area contributed by atoms with Crippen molar-refractivity contribution in [2.45, 2.75) is 33.1 Å². The van der Waals surface area contributed by atoms with E-state index in [-0.39, 0.29) is 5.91 Å². The maximum Gasteiger partial charge on any atom is 0.255 e. The molecule has 0 saturated carbocycles. The smallest absolute Gasteiger partial charge is 0.255 e. The van der Waals surface area contributed by atoms with Crippen molar-refractivity contribution >= 4 is 23.2 Å². The Labute approximate surface area is 155 Å². The number of nitrogen functional groups attached to an aromatic ring is 1. The summed E-state index contributed by atoms with van der Waals surface area (Å²) < 4.78 is 5.25. The number of benzene rings is 1. The molecule has 0 unspecified atom stereocenters. The highest BCUT2D eigenvalue weighted by Gasteiger charge is 2.21. The Morgan fingerprint density at radius 3 is 2.68 bits per heavy atom. The number of nitrogens with two attached hydrogens (primary N) is 1. The molecule has 0 aromatic heterocycles. The van der Waals surface area contributed by atoms with E-state index in [2.05, 4.69) is 24.1 Å². The van der Waals surface area contributed by atoms with Gasteiger partial charge >= 0.3 is 0 Å². The van der Waals surface area contributed by atoms with E-state index in [1.54, 1.807) is 12.1 Å². The van der Waals surface area contributed by atoms with Gasteiger partial charge in [0.25, 0.3) is 5.91 Å². The van der Waals surface area contributed by atoms with Gasteiger partial charge in [-0.15, -0.1) is 0 Å². The Bertz CT molecular complexity index is 584. The third kappa shape index (κ3) is 5.79. The lowest BCUT2D eigenvalue weighted by Gasteiger charge is -2.32. The Morgan fingerprint density at radius 2 is 2.08 bits per heavy atom. The molecule has 1 amide bonds. The van der Waals surface area contributed by atoms with Crippen LogP contribution in [0.3, 0.4) is 0 Å².